The molecule has 2 rings (SSSR count). The van der Waals surface area contributed by atoms with Gasteiger partial charge in [-0.3, -0.25) is 14.6 Å². The summed E-state index contributed by atoms with van der Waals surface area (Å²) >= 11 is 5.58. The second-order valence-electron chi connectivity index (χ2n) is 5.98. The second-order valence-corrected chi connectivity index (χ2v) is 6.25. The number of carbonyl (C=O) groups excluding carboxylic acids is 1. The molecule has 0 radical (unpaired) electrons. The van der Waals surface area contributed by atoms with Crippen molar-refractivity contribution in [1.29, 1.82) is 0 Å². The average Bonchev–Trinajstić information content (AvgIpc) is 2.53. The minimum absolute atomic E-state index is 0.0277. The number of alkyl halides is 1. The maximum atomic E-state index is 11.5. The molecule has 1 atom stereocenters. The van der Waals surface area contributed by atoms with Crippen LogP contribution in [0.5, 0.6) is 0 Å². The van der Waals surface area contributed by atoms with E-state index in [9.17, 15) is 9.90 Å². The summed E-state index contributed by atoms with van der Waals surface area (Å²) in [6.07, 6.45) is 2.50. The molecular weight excluding hydrogens is 292 g/mol. The van der Waals surface area contributed by atoms with Crippen LogP contribution < -0.4 is 5.73 Å². The van der Waals surface area contributed by atoms with Crippen molar-refractivity contribution in [3.8, 4) is 0 Å². The number of carbonyl (C=O) groups is 1. The molecule has 1 unspecified atom stereocenters. The molecule has 0 spiro atoms. The molecule has 0 aromatic heterocycles. The van der Waals surface area contributed by atoms with Crippen LogP contribution in [0.25, 0.3) is 0 Å². The Labute approximate surface area is 131 Å². The molecule has 21 heavy (non-hydrogen) atoms. The Kier molecular flexibility index (Phi) is 6.70. The molecule has 2 fully saturated rings. The molecule has 2 aliphatic rings. The van der Waals surface area contributed by atoms with Crippen molar-refractivity contribution in [2.24, 2.45) is 5.73 Å². The third kappa shape index (κ3) is 5.07. The largest absolute Gasteiger partial charge is 0.393 e. The van der Waals surface area contributed by atoms with Crippen molar-refractivity contribution in [1.82, 2.24) is 14.7 Å². The van der Waals surface area contributed by atoms with Crippen LogP contribution in [0.15, 0.2) is 0 Å². The minimum Gasteiger partial charge on any atom is -0.393 e. The number of piperidine rings is 1. The smallest absolute Gasteiger partial charge is 0.237 e. The molecule has 0 aromatic rings. The highest BCUT2D eigenvalue weighted by molar-refractivity contribution is 6.27. The number of nitrogens with two attached hydrogens (primary N) is 1. The summed E-state index contributed by atoms with van der Waals surface area (Å²) < 4.78 is 0. The Morgan fingerprint density at radius 1 is 1.19 bits per heavy atom. The van der Waals surface area contributed by atoms with Gasteiger partial charge in [0.1, 0.15) is 5.88 Å². The lowest BCUT2D eigenvalue weighted by Gasteiger charge is -2.37. The lowest BCUT2D eigenvalue weighted by molar-refractivity contribution is -0.130. The van der Waals surface area contributed by atoms with Gasteiger partial charge in [0, 0.05) is 45.8 Å². The molecule has 122 valence electrons. The number of piperazine rings is 1. The normalized spacial score (nSPS) is 24.2. The van der Waals surface area contributed by atoms with Crippen LogP contribution >= 0.6 is 11.6 Å². The number of aliphatic hydroxyl groups is 1. The van der Waals surface area contributed by atoms with Gasteiger partial charge >= 0.3 is 0 Å². The van der Waals surface area contributed by atoms with E-state index >= 15 is 0 Å². The van der Waals surface area contributed by atoms with E-state index in [1.165, 1.54) is 0 Å². The zero-order valence-electron chi connectivity index (χ0n) is 12.6. The third-order valence-electron chi connectivity index (χ3n) is 4.55. The first-order chi connectivity index (χ1) is 10.1. The molecule has 6 nitrogen and oxygen atoms in total. The zero-order chi connectivity index (χ0) is 15.2. The number of hydrogen-bond acceptors (Lipinski definition) is 5. The number of hydrogen-bond donors (Lipinski definition) is 2. The molecular formula is C14H27ClN4O2. The fourth-order valence-electron chi connectivity index (χ4n) is 3.02. The van der Waals surface area contributed by atoms with Gasteiger partial charge in [-0.15, -0.1) is 11.6 Å². The first-order valence-electron chi connectivity index (χ1n) is 7.84. The van der Waals surface area contributed by atoms with Crippen LogP contribution in [-0.2, 0) is 4.79 Å². The van der Waals surface area contributed by atoms with Crippen LogP contribution in [0, 0.1) is 0 Å². The Morgan fingerprint density at radius 3 is 2.38 bits per heavy atom. The molecule has 2 heterocycles. The highest BCUT2D eigenvalue weighted by Crippen LogP contribution is 2.13. The number of nitrogens with zero attached hydrogens (tertiary/aromatic N) is 3. The summed E-state index contributed by atoms with van der Waals surface area (Å²) in [6, 6.07) is 0. The monoisotopic (exact) mass is 318 g/mol. The van der Waals surface area contributed by atoms with E-state index in [1.54, 1.807) is 0 Å². The van der Waals surface area contributed by atoms with Gasteiger partial charge in [-0.05, 0) is 19.3 Å². The molecule has 1 amide bonds. The number of halogens is 1. The van der Waals surface area contributed by atoms with Crippen LogP contribution in [0.1, 0.15) is 19.3 Å². The fourth-order valence-corrected chi connectivity index (χ4v) is 3.19. The predicted molar refractivity (Wildman–Crippen MR) is 83.1 cm³/mol. The van der Waals surface area contributed by atoms with Crippen LogP contribution in [-0.4, -0.2) is 89.7 Å². The van der Waals surface area contributed by atoms with Gasteiger partial charge in [0.25, 0.3) is 0 Å². The average molecular weight is 319 g/mol. The number of amides is 1. The SMILES string of the molecule is NC(CCN1CCN(C(=O)CCl)CC1)N1CCC(O)CC1. The summed E-state index contributed by atoms with van der Waals surface area (Å²) in [5.41, 5.74) is 6.24. The second kappa shape index (κ2) is 8.29. The van der Waals surface area contributed by atoms with Gasteiger partial charge in [-0.25, -0.2) is 0 Å². The van der Waals surface area contributed by atoms with Crippen molar-refractivity contribution < 1.29 is 9.90 Å². The Bertz CT molecular complexity index is 329. The van der Waals surface area contributed by atoms with Gasteiger partial charge in [0.15, 0.2) is 0 Å². The van der Waals surface area contributed by atoms with Gasteiger partial charge in [0.05, 0.1) is 12.3 Å². The fraction of sp³-hybridized carbons (Fsp3) is 0.929. The maximum Gasteiger partial charge on any atom is 0.237 e. The van der Waals surface area contributed by atoms with Crippen molar-refractivity contribution in [3.05, 3.63) is 0 Å². The minimum atomic E-state index is -0.152. The highest BCUT2D eigenvalue weighted by atomic mass is 35.5. The molecule has 2 aliphatic heterocycles. The van der Waals surface area contributed by atoms with E-state index in [0.717, 1.165) is 65.1 Å². The predicted octanol–water partition coefficient (Wildman–Crippen LogP) is -0.499. The summed E-state index contributed by atoms with van der Waals surface area (Å²) in [5, 5.41) is 9.52. The van der Waals surface area contributed by atoms with Gasteiger partial charge in [-0.1, -0.05) is 0 Å². The van der Waals surface area contributed by atoms with E-state index in [2.05, 4.69) is 9.80 Å². The quantitative estimate of drug-likeness (QED) is 0.669. The summed E-state index contributed by atoms with van der Waals surface area (Å²) in [5.74, 6) is 0.103. The van der Waals surface area contributed by atoms with Gasteiger partial charge in [-0.2, -0.15) is 0 Å². The standard InChI is InChI=1S/C14H27ClN4O2/c15-11-14(21)19-9-7-17(8-10-19)4-3-13(16)18-5-1-12(20)2-6-18/h12-13,20H,1-11,16H2. The summed E-state index contributed by atoms with van der Waals surface area (Å²) in [7, 11) is 0. The molecule has 2 saturated heterocycles. The first kappa shape index (κ1) is 17.0. The van der Waals surface area contributed by atoms with E-state index in [-0.39, 0.29) is 24.1 Å². The first-order valence-corrected chi connectivity index (χ1v) is 8.37. The number of likely N-dealkylation sites (tertiary alicyclic amines) is 1. The van der Waals surface area contributed by atoms with E-state index in [0.29, 0.717) is 0 Å². The van der Waals surface area contributed by atoms with Crippen LogP contribution in [0.4, 0.5) is 0 Å². The molecule has 0 bridgehead atoms. The Hall–Kier alpha value is -0.400. The maximum absolute atomic E-state index is 11.5. The summed E-state index contributed by atoms with van der Waals surface area (Å²) in [6.45, 7) is 6.05. The van der Waals surface area contributed by atoms with Crippen LogP contribution in [0.2, 0.25) is 0 Å². The van der Waals surface area contributed by atoms with Crippen molar-refractivity contribution in [3.63, 3.8) is 0 Å². The molecule has 7 heteroatoms. The Morgan fingerprint density at radius 2 is 1.81 bits per heavy atom. The zero-order valence-corrected chi connectivity index (χ0v) is 13.3. The van der Waals surface area contributed by atoms with Crippen molar-refractivity contribution >= 4 is 17.5 Å². The van der Waals surface area contributed by atoms with E-state index in [1.807, 2.05) is 4.90 Å². The molecule has 0 aliphatic carbocycles. The van der Waals surface area contributed by atoms with E-state index in [4.69, 9.17) is 17.3 Å². The van der Waals surface area contributed by atoms with E-state index < -0.39 is 0 Å². The number of rotatable bonds is 5. The summed E-state index contributed by atoms with van der Waals surface area (Å²) in [4.78, 5) is 18.0. The molecule has 0 aromatic carbocycles. The lowest BCUT2D eigenvalue weighted by Crippen LogP contribution is -2.52. The number of aliphatic hydroxyl groups excluding tert-OH is 1. The molecule has 0 saturated carbocycles. The molecule has 3 N–H and O–H groups in total. The van der Waals surface area contributed by atoms with Gasteiger partial charge in [0.2, 0.25) is 5.91 Å². The Balaban J connectivity index is 1.64. The lowest BCUT2D eigenvalue weighted by atomic mass is 10.1. The van der Waals surface area contributed by atoms with Crippen LogP contribution in [0.3, 0.4) is 0 Å². The topological polar surface area (TPSA) is 73.0 Å². The highest BCUT2D eigenvalue weighted by Gasteiger charge is 2.24. The third-order valence-corrected chi connectivity index (χ3v) is 4.78. The van der Waals surface area contributed by atoms with Crippen molar-refractivity contribution in [2.75, 3.05) is 51.7 Å². The van der Waals surface area contributed by atoms with Gasteiger partial charge < -0.3 is 15.7 Å². The van der Waals surface area contributed by atoms with Crippen molar-refractivity contribution in [2.45, 2.75) is 31.5 Å².